The van der Waals surface area contributed by atoms with E-state index in [9.17, 15) is 0 Å². The number of benzene rings is 4. The van der Waals surface area contributed by atoms with E-state index >= 15 is 0 Å². The molecule has 4 aromatic carbocycles. The van der Waals surface area contributed by atoms with Gasteiger partial charge in [0.2, 0.25) is 0 Å². The highest BCUT2D eigenvalue weighted by atomic mass is 15.2. The summed E-state index contributed by atoms with van der Waals surface area (Å²) >= 11 is 0. The Hall–Kier alpha value is -3.32. The number of hydrogen-bond donors (Lipinski definition) is 0. The van der Waals surface area contributed by atoms with E-state index in [0.29, 0.717) is 0 Å². The average Bonchev–Trinajstić information content (AvgIpc) is 3.03. The third-order valence-electron chi connectivity index (χ3n) is 7.10. The molecule has 0 unspecified atom stereocenters. The molecular formula is C32H33N. The number of fused-ring (bicyclic) bond motifs is 3. The van der Waals surface area contributed by atoms with Crippen LogP contribution in [0.15, 0.2) is 91.0 Å². The summed E-state index contributed by atoms with van der Waals surface area (Å²) < 4.78 is 0. The SMILES string of the molecule is Cc1c(N(c2cccc(-c3ccccc3)c2)C(C)(C)C)ccc2c1-c1ccccc1C2(C)C. The highest BCUT2D eigenvalue weighted by Gasteiger charge is 2.37. The molecule has 33 heavy (non-hydrogen) atoms. The van der Waals surface area contributed by atoms with Gasteiger partial charge in [0.1, 0.15) is 0 Å². The largest absolute Gasteiger partial charge is 0.336 e. The quantitative estimate of drug-likeness (QED) is 0.313. The Morgan fingerprint density at radius 2 is 1.33 bits per heavy atom. The molecule has 0 saturated heterocycles. The predicted molar refractivity (Wildman–Crippen MR) is 143 cm³/mol. The van der Waals surface area contributed by atoms with Gasteiger partial charge in [0.15, 0.2) is 0 Å². The van der Waals surface area contributed by atoms with Crippen molar-refractivity contribution in [2.45, 2.75) is 52.5 Å². The van der Waals surface area contributed by atoms with Gasteiger partial charge >= 0.3 is 0 Å². The molecule has 0 atom stereocenters. The molecule has 0 saturated carbocycles. The molecule has 0 heterocycles. The second kappa shape index (κ2) is 7.63. The van der Waals surface area contributed by atoms with Crippen LogP contribution in [-0.4, -0.2) is 5.54 Å². The summed E-state index contributed by atoms with van der Waals surface area (Å²) in [5, 5.41) is 0. The van der Waals surface area contributed by atoms with E-state index in [1.54, 1.807) is 0 Å². The summed E-state index contributed by atoms with van der Waals surface area (Å²) in [6.07, 6.45) is 0. The molecule has 166 valence electrons. The third-order valence-corrected chi connectivity index (χ3v) is 7.10. The summed E-state index contributed by atoms with van der Waals surface area (Å²) in [4.78, 5) is 2.50. The smallest absolute Gasteiger partial charge is 0.0451 e. The van der Waals surface area contributed by atoms with Crippen molar-refractivity contribution in [3.63, 3.8) is 0 Å². The fraction of sp³-hybridized carbons (Fsp3) is 0.250. The van der Waals surface area contributed by atoms with E-state index < -0.39 is 0 Å². The molecule has 0 aromatic heterocycles. The molecular weight excluding hydrogens is 398 g/mol. The number of hydrogen-bond acceptors (Lipinski definition) is 1. The minimum Gasteiger partial charge on any atom is -0.336 e. The Kier molecular flexibility index (Phi) is 4.97. The maximum atomic E-state index is 2.50. The number of rotatable bonds is 3. The standard InChI is InChI=1S/C32H33N/c1-22-29(20-19-28-30(22)26-17-10-11-18-27(26)32(28,5)6)33(31(2,3)4)25-16-12-15-24(21-25)23-13-8-7-9-14-23/h7-21H,1-6H3. The first-order valence-corrected chi connectivity index (χ1v) is 11.9. The summed E-state index contributed by atoms with van der Waals surface area (Å²) in [6.45, 7) is 13.9. The lowest BCUT2D eigenvalue weighted by atomic mass is 9.82. The Bertz CT molecular complexity index is 1320. The van der Waals surface area contributed by atoms with Crippen molar-refractivity contribution in [1.29, 1.82) is 0 Å². The van der Waals surface area contributed by atoms with Crippen LogP contribution in [0.5, 0.6) is 0 Å². The molecule has 1 heteroatoms. The van der Waals surface area contributed by atoms with Crippen LogP contribution < -0.4 is 4.90 Å². The van der Waals surface area contributed by atoms with Crippen molar-refractivity contribution in [3.05, 3.63) is 108 Å². The molecule has 0 spiro atoms. The highest BCUT2D eigenvalue weighted by molar-refractivity contribution is 5.88. The van der Waals surface area contributed by atoms with Crippen molar-refractivity contribution in [1.82, 2.24) is 0 Å². The van der Waals surface area contributed by atoms with Gasteiger partial charge in [0.25, 0.3) is 0 Å². The molecule has 0 amide bonds. The Morgan fingerprint density at radius 3 is 2.06 bits per heavy atom. The lowest BCUT2D eigenvalue weighted by Crippen LogP contribution is -2.38. The van der Waals surface area contributed by atoms with Crippen LogP contribution in [0.1, 0.15) is 51.3 Å². The Morgan fingerprint density at radius 1 is 0.667 bits per heavy atom. The monoisotopic (exact) mass is 431 g/mol. The van der Waals surface area contributed by atoms with E-state index in [0.717, 1.165) is 0 Å². The van der Waals surface area contributed by atoms with Crippen molar-refractivity contribution in [3.8, 4) is 22.3 Å². The molecule has 1 nitrogen and oxygen atoms in total. The van der Waals surface area contributed by atoms with Crippen molar-refractivity contribution in [2.75, 3.05) is 4.90 Å². The van der Waals surface area contributed by atoms with Crippen LogP contribution in [0.3, 0.4) is 0 Å². The van der Waals surface area contributed by atoms with Gasteiger partial charge in [-0.25, -0.2) is 0 Å². The fourth-order valence-electron chi connectivity index (χ4n) is 5.54. The van der Waals surface area contributed by atoms with Gasteiger partial charge in [-0.05, 0) is 84.8 Å². The lowest BCUT2D eigenvalue weighted by molar-refractivity contribution is 0.559. The van der Waals surface area contributed by atoms with E-state index in [4.69, 9.17) is 0 Å². The first-order chi connectivity index (χ1) is 15.7. The van der Waals surface area contributed by atoms with Crippen LogP contribution >= 0.6 is 0 Å². The van der Waals surface area contributed by atoms with Crippen LogP contribution in [0.25, 0.3) is 22.3 Å². The number of nitrogens with zero attached hydrogens (tertiary/aromatic N) is 1. The zero-order valence-corrected chi connectivity index (χ0v) is 20.6. The maximum absolute atomic E-state index is 2.50. The zero-order chi connectivity index (χ0) is 23.4. The maximum Gasteiger partial charge on any atom is 0.0451 e. The van der Waals surface area contributed by atoms with Crippen LogP contribution in [0, 0.1) is 6.92 Å². The normalized spacial score (nSPS) is 14.0. The zero-order valence-electron chi connectivity index (χ0n) is 20.6. The second-order valence-electron chi connectivity index (χ2n) is 10.7. The van der Waals surface area contributed by atoms with Gasteiger partial charge in [-0.15, -0.1) is 0 Å². The van der Waals surface area contributed by atoms with Crippen LogP contribution in [-0.2, 0) is 5.41 Å². The molecule has 0 bridgehead atoms. The van der Waals surface area contributed by atoms with Gasteiger partial charge in [0.05, 0.1) is 0 Å². The molecule has 5 rings (SSSR count). The van der Waals surface area contributed by atoms with Crippen molar-refractivity contribution < 1.29 is 0 Å². The molecule has 0 aliphatic heterocycles. The average molecular weight is 432 g/mol. The van der Waals surface area contributed by atoms with E-state index in [1.807, 2.05) is 0 Å². The topological polar surface area (TPSA) is 3.24 Å². The van der Waals surface area contributed by atoms with E-state index in [1.165, 1.54) is 50.3 Å². The highest BCUT2D eigenvalue weighted by Crippen LogP contribution is 2.52. The molecule has 1 aliphatic carbocycles. The Labute approximate surface area is 198 Å². The van der Waals surface area contributed by atoms with Crippen molar-refractivity contribution >= 4 is 11.4 Å². The number of anilines is 2. The minimum atomic E-state index is -0.0814. The van der Waals surface area contributed by atoms with Crippen molar-refractivity contribution in [2.24, 2.45) is 0 Å². The lowest BCUT2D eigenvalue weighted by Gasteiger charge is -2.39. The van der Waals surface area contributed by atoms with Gasteiger partial charge in [-0.1, -0.05) is 86.6 Å². The summed E-state index contributed by atoms with van der Waals surface area (Å²) in [6, 6.07) is 33.2. The van der Waals surface area contributed by atoms with E-state index in [2.05, 4.69) is 137 Å². The molecule has 1 aliphatic rings. The first kappa shape index (κ1) is 21.5. The van der Waals surface area contributed by atoms with Gasteiger partial charge < -0.3 is 4.90 Å². The molecule has 0 radical (unpaired) electrons. The minimum absolute atomic E-state index is 0.0228. The Balaban J connectivity index is 1.70. The van der Waals surface area contributed by atoms with Crippen LogP contribution in [0.4, 0.5) is 11.4 Å². The summed E-state index contributed by atoms with van der Waals surface area (Å²) in [5.74, 6) is 0. The van der Waals surface area contributed by atoms with E-state index in [-0.39, 0.29) is 11.0 Å². The van der Waals surface area contributed by atoms with Gasteiger partial charge in [-0.3, -0.25) is 0 Å². The third kappa shape index (κ3) is 3.47. The van der Waals surface area contributed by atoms with Gasteiger partial charge in [0, 0.05) is 22.3 Å². The fourth-order valence-corrected chi connectivity index (χ4v) is 5.54. The molecule has 0 fully saturated rings. The molecule has 4 aromatic rings. The summed E-state index contributed by atoms with van der Waals surface area (Å²) in [7, 11) is 0. The first-order valence-electron chi connectivity index (χ1n) is 11.9. The molecule has 0 N–H and O–H groups in total. The summed E-state index contributed by atoms with van der Waals surface area (Å²) in [5.41, 5.74) is 11.9. The predicted octanol–water partition coefficient (Wildman–Crippen LogP) is 8.90. The van der Waals surface area contributed by atoms with Gasteiger partial charge in [-0.2, -0.15) is 0 Å². The van der Waals surface area contributed by atoms with Crippen LogP contribution in [0.2, 0.25) is 0 Å². The second-order valence-corrected chi connectivity index (χ2v) is 10.7.